The molecule has 2 aliphatic heterocycles. The van der Waals surface area contributed by atoms with Gasteiger partial charge in [0.25, 0.3) is 0 Å². The van der Waals surface area contributed by atoms with E-state index in [0.717, 1.165) is 10.8 Å². The summed E-state index contributed by atoms with van der Waals surface area (Å²) in [4.78, 5) is 13.7. The fourth-order valence-electron chi connectivity index (χ4n) is 2.66. The van der Waals surface area contributed by atoms with Crippen LogP contribution in [-0.2, 0) is 4.74 Å². The van der Waals surface area contributed by atoms with E-state index in [9.17, 15) is 4.79 Å². The lowest BCUT2D eigenvalue weighted by molar-refractivity contribution is 0.111. The molecule has 3 atom stereocenters. The van der Waals surface area contributed by atoms with Gasteiger partial charge in [-0.2, -0.15) is 0 Å². The molecule has 0 aromatic heterocycles. The molecule has 0 N–H and O–H groups in total. The molecule has 1 amide bonds. The van der Waals surface area contributed by atoms with Crippen LogP contribution in [0.15, 0.2) is 10.4 Å². The zero-order valence-corrected chi connectivity index (χ0v) is 12.1. The van der Waals surface area contributed by atoms with Crippen molar-refractivity contribution in [3.05, 3.63) is 10.4 Å². The molecular formula is C12H18ClNO2S. The van der Waals surface area contributed by atoms with Gasteiger partial charge in [-0.25, -0.2) is 4.79 Å². The van der Waals surface area contributed by atoms with Crippen LogP contribution in [0.5, 0.6) is 0 Å². The first-order chi connectivity index (χ1) is 7.85. The number of nitrogens with zero attached hydrogens (tertiary/aromatic N) is 1. The van der Waals surface area contributed by atoms with Crippen LogP contribution in [0.1, 0.15) is 34.1 Å². The van der Waals surface area contributed by atoms with Crippen molar-refractivity contribution in [1.82, 2.24) is 4.90 Å². The van der Waals surface area contributed by atoms with Gasteiger partial charge >= 0.3 is 6.09 Å². The summed E-state index contributed by atoms with van der Waals surface area (Å²) in [6.07, 6.45) is 2.55. The van der Waals surface area contributed by atoms with E-state index in [1.165, 1.54) is 0 Å². The maximum atomic E-state index is 11.9. The molecular weight excluding hydrogens is 258 g/mol. The minimum absolute atomic E-state index is 0.0935. The molecule has 0 spiro atoms. The number of hydrogen-bond acceptors (Lipinski definition) is 3. The highest BCUT2D eigenvalue weighted by molar-refractivity contribution is 8.06. The standard InChI is InChI=1S/C12H18ClNO2S/c1-7(2)14-8(3)10(16-11(14)15)12(4)6-5-9(13)17-12/h5,7-8,10H,6H2,1-4H3/t8-,10-,12?/m0/s1. The lowest BCUT2D eigenvalue weighted by atomic mass is 9.94. The van der Waals surface area contributed by atoms with E-state index in [1.54, 1.807) is 11.8 Å². The van der Waals surface area contributed by atoms with Gasteiger partial charge in [-0.05, 0) is 34.1 Å². The minimum atomic E-state index is -0.206. The highest BCUT2D eigenvalue weighted by Gasteiger charge is 2.51. The van der Waals surface area contributed by atoms with Crippen LogP contribution in [0.4, 0.5) is 4.79 Å². The van der Waals surface area contributed by atoms with E-state index in [-0.39, 0.29) is 29.0 Å². The molecule has 1 fully saturated rings. The van der Waals surface area contributed by atoms with Crippen molar-refractivity contribution in [2.24, 2.45) is 0 Å². The van der Waals surface area contributed by atoms with Crippen molar-refractivity contribution in [3.8, 4) is 0 Å². The minimum Gasteiger partial charge on any atom is -0.442 e. The molecule has 0 radical (unpaired) electrons. The van der Waals surface area contributed by atoms with Crippen molar-refractivity contribution >= 4 is 29.5 Å². The number of rotatable bonds is 2. The maximum absolute atomic E-state index is 11.9. The van der Waals surface area contributed by atoms with E-state index >= 15 is 0 Å². The third kappa shape index (κ3) is 2.17. The summed E-state index contributed by atoms with van der Waals surface area (Å²) in [6.45, 7) is 8.18. The van der Waals surface area contributed by atoms with Gasteiger partial charge in [-0.1, -0.05) is 17.7 Å². The SMILES string of the molecule is CC(C)N1C(=O)O[C@H](C2(C)CC=C(Cl)S2)[C@@H]1C. The Kier molecular flexibility index (Phi) is 3.38. The van der Waals surface area contributed by atoms with Crippen LogP contribution < -0.4 is 0 Å². The first kappa shape index (κ1) is 13.1. The molecule has 0 aromatic rings. The normalized spacial score (nSPS) is 37.6. The topological polar surface area (TPSA) is 29.5 Å². The number of carbonyl (C=O) groups excluding carboxylic acids is 1. The molecule has 0 bridgehead atoms. The number of amides is 1. The summed E-state index contributed by atoms with van der Waals surface area (Å²) >= 11 is 7.64. The molecule has 0 aliphatic carbocycles. The molecule has 1 saturated heterocycles. The Labute approximate surface area is 112 Å². The van der Waals surface area contributed by atoms with E-state index < -0.39 is 0 Å². The average Bonchev–Trinajstić information content (AvgIpc) is 2.69. The largest absolute Gasteiger partial charge is 0.442 e. The molecule has 1 unspecified atom stereocenters. The highest BCUT2D eigenvalue weighted by atomic mass is 35.5. The molecule has 96 valence electrons. The average molecular weight is 276 g/mol. The Morgan fingerprint density at radius 3 is 2.71 bits per heavy atom. The Balaban J connectivity index is 2.17. The summed E-state index contributed by atoms with van der Waals surface area (Å²) in [7, 11) is 0. The second-order valence-electron chi connectivity index (χ2n) is 5.17. The van der Waals surface area contributed by atoms with E-state index in [4.69, 9.17) is 16.3 Å². The lowest BCUT2D eigenvalue weighted by Crippen LogP contribution is -2.45. The van der Waals surface area contributed by atoms with E-state index in [0.29, 0.717) is 0 Å². The van der Waals surface area contributed by atoms with Crippen LogP contribution in [0, 0.1) is 0 Å². The maximum Gasteiger partial charge on any atom is 0.410 e. The Hall–Kier alpha value is -0.350. The van der Waals surface area contributed by atoms with E-state index in [1.807, 2.05) is 31.7 Å². The van der Waals surface area contributed by atoms with Gasteiger partial charge in [0.05, 0.1) is 15.2 Å². The molecule has 17 heavy (non-hydrogen) atoms. The molecule has 2 aliphatic rings. The van der Waals surface area contributed by atoms with Crippen LogP contribution in [0.3, 0.4) is 0 Å². The van der Waals surface area contributed by atoms with Crippen molar-refractivity contribution in [1.29, 1.82) is 0 Å². The molecule has 2 rings (SSSR count). The summed E-state index contributed by atoms with van der Waals surface area (Å²) < 4.78 is 6.23. The van der Waals surface area contributed by atoms with Gasteiger partial charge < -0.3 is 4.74 Å². The number of hydrogen-bond donors (Lipinski definition) is 0. The zero-order valence-electron chi connectivity index (χ0n) is 10.6. The van der Waals surface area contributed by atoms with Gasteiger partial charge in [0.2, 0.25) is 0 Å². The predicted octanol–water partition coefficient (Wildman–Crippen LogP) is 3.58. The molecule has 2 heterocycles. The quantitative estimate of drug-likeness (QED) is 0.771. The van der Waals surface area contributed by atoms with Gasteiger partial charge in [0.15, 0.2) is 0 Å². The van der Waals surface area contributed by atoms with Gasteiger partial charge in [0.1, 0.15) is 6.10 Å². The zero-order chi connectivity index (χ0) is 12.8. The first-order valence-electron chi connectivity index (χ1n) is 5.89. The smallest absolute Gasteiger partial charge is 0.410 e. The number of thioether (sulfide) groups is 1. The van der Waals surface area contributed by atoms with Crippen molar-refractivity contribution in [2.45, 2.75) is 57.1 Å². The molecule has 0 aromatic carbocycles. The summed E-state index contributed by atoms with van der Waals surface area (Å²) in [5.41, 5.74) is 0. The second-order valence-corrected chi connectivity index (χ2v) is 7.38. The van der Waals surface area contributed by atoms with Crippen molar-refractivity contribution in [2.75, 3.05) is 0 Å². The number of cyclic esters (lactones) is 1. The predicted molar refractivity (Wildman–Crippen MR) is 71.3 cm³/mol. The highest BCUT2D eigenvalue weighted by Crippen LogP contribution is 2.49. The fraction of sp³-hybridized carbons (Fsp3) is 0.750. The monoisotopic (exact) mass is 275 g/mol. The summed E-state index contributed by atoms with van der Waals surface area (Å²) in [5.74, 6) is 0. The summed E-state index contributed by atoms with van der Waals surface area (Å²) in [6, 6.07) is 0.261. The van der Waals surface area contributed by atoms with Crippen molar-refractivity contribution in [3.63, 3.8) is 0 Å². The Morgan fingerprint density at radius 1 is 1.65 bits per heavy atom. The van der Waals surface area contributed by atoms with Crippen molar-refractivity contribution < 1.29 is 9.53 Å². The molecule has 3 nitrogen and oxygen atoms in total. The number of halogens is 1. The Morgan fingerprint density at radius 2 is 2.29 bits per heavy atom. The van der Waals surface area contributed by atoms with Gasteiger partial charge in [0, 0.05) is 6.04 Å². The number of ether oxygens (including phenoxy) is 1. The fourth-order valence-corrected chi connectivity index (χ4v) is 4.41. The van der Waals surface area contributed by atoms with Crippen LogP contribution in [0.2, 0.25) is 0 Å². The van der Waals surface area contributed by atoms with Gasteiger partial charge in [-0.15, -0.1) is 11.8 Å². The van der Waals surface area contributed by atoms with Crippen LogP contribution in [-0.4, -0.2) is 33.9 Å². The molecule has 0 saturated carbocycles. The number of allylic oxidation sites excluding steroid dienone is 1. The summed E-state index contributed by atoms with van der Waals surface area (Å²) in [5, 5.41) is 0. The van der Waals surface area contributed by atoms with Crippen LogP contribution in [0.25, 0.3) is 0 Å². The van der Waals surface area contributed by atoms with Crippen LogP contribution >= 0.6 is 23.4 Å². The lowest BCUT2D eigenvalue weighted by Gasteiger charge is -2.33. The second kappa shape index (κ2) is 4.39. The third-order valence-corrected chi connectivity index (χ3v) is 5.08. The first-order valence-corrected chi connectivity index (χ1v) is 7.08. The molecule has 5 heteroatoms. The Bertz CT molecular complexity index is 372. The van der Waals surface area contributed by atoms with E-state index in [2.05, 4.69) is 6.92 Å². The number of carbonyl (C=O) groups is 1. The van der Waals surface area contributed by atoms with Gasteiger partial charge in [-0.3, -0.25) is 4.90 Å². The third-order valence-electron chi connectivity index (χ3n) is 3.47.